The van der Waals surface area contributed by atoms with Crippen LogP contribution in [0, 0.1) is 11.8 Å². The highest BCUT2D eigenvalue weighted by molar-refractivity contribution is 5.77. The van der Waals surface area contributed by atoms with Crippen LogP contribution in [-0.2, 0) is 4.79 Å². The van der Waals surface area contributed by atoms with Gasteiger partial charge in [0.05, 0.1) is 19.3 Å². The van der Waals surface area contributed by atoms with Gasteiger partial charge >= 0.3 is 0 Å². The molecule has 0 aliphatic carbocycles. The molecule has 2 aromatic rings. The first-order valence-corrected chi connectivity index (χ1v) is 7.89. The van der Waals surface area contributed by atoms with Crippen LogP contribution >= 0.6 is 0 Å². The smallest absolute Gasteiger partial charge is 0.258 e. The van der Waals surface area contributed by atoms with Gasteiger partial charge in [0.1, 0.15) is 11.5 Å². The maximum Gasteiger partial charge on any atom is 0.258 e. The highest BCUT2D eigenvalue weighted by atomic mass is 16.5. The number of nitrogens with zero attached hydrogens (tertiary/aromatic N) is 1. The summed E-state index contributed by atoms with van der Waals surface area (Å²) < 4.78 is 10.5. The van der Waals surface area contributed by atoms with Crippen LogP contribution < -0.4 is 19.7 Å². The Kier molecular flexibility index (Phi) is 6.73. The van der Waals surface area contributed by atoms with E-state index in [1.807, 2.05) is 43.3 Å². The molecule has 0 spiro atoms. The van der Waals surface area contributed by atoms with Crippen LogP contribution in [0.3, 0.4) is 0 Å². The van der Waals surface area contributed by atoms with Gasteiger partial charge in [0.25, 0.3) is 5.91 Å². The molecule has 2 aromatic carbocycles. The summed E-state index contributed by atoms with van der Waals surface area (Å²) in [5.41, 5.74) is 1.97. The Bertz CT molecular complexity index is 759. The van der Waals surface area contributed by atoms with E-state index >= 15 is 0 Å². The largest absolute Gasteiger partial charge is 0.497 e. The molecule has 1 amide bonds. The first kappa shape index (κ1) is 18.2. The van der Waals surface area contributed by atoms with E-state index in [1.54, 1.807) is 31.4 Å². The Labute approximate surface area is 148 Å². The lowest BCUT2D eigenvalue weighted by atomic mass is 10.1. The molecule has 0 aliphatic rings. The highest BCUT2D eigenvalue weighted by Crippen LogP contribution is 2.17. The van der Waals surface area contributed by atoms with Gasteiger partial charge < -0.3 is 19.7 Å². The zero-order chi connectivity index (χ0) is 18.1. The molecule has 0 radical (unpaired) electrons. The van der Waals surface area contributed by atoms with Crippen molar-refractivity contribution in [1.82, 2.24) is 5.32 Å². The van der Waals surface area contributed by atoms with Crippen molar-refractivity contribution >= 4 is 11.6 Å². The molecule has 0 saturated carbocycles. The van der Waals surface area contributed by atoms with E-state index in [2.05, 4.69) is 17.2 Å². The summed E-state index contributed by atoms with van der Waals surface area (Å²) in [5, 5.41) is 2.72. The molecule has 130 valence electrons. The lowest BCUT2D eigenvalue weighted by molar-refractivity contribution is -0.122. The van der Waals surface area contributed by atoms with Crippen molar-refractivity contribution < 1.29 is 14.3 Å². The lowest BCUT2D eigenvalue weighted by Gasteiger charge is -2.13. The molecule has 0 aromatic heterocycles. The maximum absolute atomic E-state index is 11.8. The number of para-hydroxylation sites is 1. The van der Waals surface area contributed by atoms with Crippen LogP contribution in [0.5, 0.6) is 11.5 Å². The van der Waals surface area contributed by atoms with Gasteiger partial charge in [-0.3, -0.25) is 4.79 Å². The van der Waals surface area contributed by atoms with Crippen LogP contribution in [0.25, 0.3) is 0 Å². The van der Waals surface area contributed by atoms with Gasteiger partial charge in [0, 0.05) is 19.7 Å². The monoisotopic (exact) mass is 338 g/mol. The molecule has 1 N–H and O–H groups in total. The molecule has 0 heterocycles. The average Bonchev–Trinajstić information content (AvgIpc) is 2.64. The first-order chi connectivity index (χ1) is 12.1. The zero-order valence-corrected chi connectivity index (χ0v) is 14.7. The first-order valence-electron chi connectivity index (χ1n) is 7.89. The third-order valence-corrected chi connectivity index (χ3v) is 3.41. The van der Waals surface area contributed by atoms with E-state index in [0.717, 1.165) is 17.0 Å². The van der Waals surface area contributed by atoms with Gasteiger partial charge in [-0.15, -0.1) is 0 Å². The van der Waals surface area contributed by atoms with Gasteiger partial charge in [0.2, 0.25) is 0 Å². The molecular weight excluding hydrogens is 316 g/mol. The third-order valence-electron chi connectivity index (χ3n) is 3.41. The Morgan fingerprint density at radius 3 is 2.44 bits per heavy atom. The molecular formula is C20H22N2O3. The Balaban J connectivity index is 1.79. The van der Waals surface area contributed by atoms with Crippen LogP contribution in [0.2, 0.25) is 0 Å². The summed E-state index contributed by atoms with van der Waals surface area (Å²) >= 11 is 0. The molecule has 0 atom stereocenters. The van der Waals surface area contributed by atoms with Gasteiger partial charge in [-0.25, -0.2) is 0 Å². The molecule has 0 bridgehead atoms. The number of anilines is 1. The SMILES string of the molecule is COc1ccc(OCC(=O)NCC#Cc2ccccc2N(C)C)cc1. The predicted molar refractivity (Wildman–Crippen MR) is 99.1 cm³/mol. The molecule has 0 saturated heterocycles. The zero-order valence-electron chi connectivity index (χ0n) is 14.7. The lowest BCUT2D eigenvalue weighted by Crippen LogP contribution is -2.29. The number of hydrogen-bond donors (Lipinski definition) is 1. The van der Waals surface area contributed by atoms with Crippen molar-refractivity contribution in [3.05, 3.63) is 54.1 Å². The van der Waals surface area contributed by atoms with Crippen LogP contribution in [0.4, 0.5) is 5.69 Å². The van der Waals surface area contributed by atoms with E-state index in [0.29, 0.717) is 5.75 Å². The van der Waals surface area contributed by atoms with Gasteiger partial charge in [-0.2, -0.15) is 0 Å². The Morgan fingerprint density at radius 2 is 1.76 bits per heavy atom. The highest BCUT2D eigenvalue weighted by Gasteiger charge is 2.02. The fraction of sp³-hybridized carbons (Fsp3) is 0.250. The maximum atomic E-state index is 11.8. The minimum Gasteiger partial charge on any atom is -0.497 e. The summed E-state index contributed by atoms with van der Waals surface area (Å²) in [4.78, 5) is 13.8. The Hall–Kier alpha value is -3.13. The molecule has 0 aliphatic heterocycles. The average molecular weight is 338 g/mol. The second-order valence-electron chi connectivity index (χ2n) is 5.45. The number of ether oxygens (including phenoxy) is 2. The Morgan fingerprint density at radius 1 is 1.08 bits per heavy atom. The summed E-state index contributed by atoms with van der Waals surface area (Å²) in [5.74, 6) is 7.17. The second kappa shape index (κ2) is 9.24. The summed E-state index contributed by atoms with van der Waals surface area (Å²) in [7, 11) is 5.54. The molecule has 25 heavy (non-hydrogen) atoms. The van der Waals surface area contributed by atoms with E-state index in [1.165, 1.54) is 0 Å². The number of nitrogens with one attached hydrogen (secondary N) is 1. The van der Waals surface area contributed by atoms with Crippen LogP contribution in [-0.4, -0.2) is 40.3 Å². The van der Waals surface area contributed by atoms with Gasteiger partial charge in [-0.05, 0) is 36.4 Å². The number of hydrogen-bond acceptors (Lipinski definition) is 4. The fourth-order valence-corrected chi connectivity index (χ4v) is 2.12. The summed E-state index contributed by atoms with van der Waals surface area (Å²) in [6.07, 6.45) is 0. The second-order valence-corrected chi connectivity index (χ2v) is 5.45. The molecule has 2 rings (SSSR count). The quantitative estimate of drug-likeness (QED) is 0.821. The summed E-state index contributed by atoms with van der Waals surface area (Å²) in [6.45, 7) is 0.217. The van der Waals surface area contributed by atoms with Crippen molar-refractivity contribution in [1.29, 1.82) is 0 Å². The normalized spacial score (nSPS) is 9.56. The minimum atomic E-state index is -0.217. The van der Waals surface area contributed by atoms with Crippen molar-refractivity contribution in [2.24, 2.45) is 0 Å². The van der Waals surface area contributed by atoms with Crippen molar-refractivity contribution in [2.45, 2.75) is 0 Å². The number of carbonyl (C=O) groups is 1. The fourth-order valence-electron chi connectivity index (χ4n) is 2.12. The third kappa shape index (κ3) is 5.78. The van der Waals surface area contributed by atoms with E-state index in [4.69, 9.17) is 9.47 Å². The molecule has 5 nitrogen and oxygen atoms in total. The number of benzene rings is 2. The van der Waals surface area contributed by atoms with E-state index in [-0.39, 0.29) is 19.1 Å². The van der Waals surface area contributed by atoms with E-state index in [9.17, 15) is 4.79 Å². The predicted octanol–water partition coefficient (Wildman–Crippen LogP) is 2.31. The summed E-state index contributed by atoms with van der Waals surface area (Å²) in [6, 6.07) is 14.9. The molecule has 5 heteroatoms. The van der Waals surface area contributed by atoms with Crippen molar-refractivity contribution in [3.63, 3.8) is 0 Å². The van der Waals surface area contributed by atoms with Crippen LogP contribution in [0.1, 0.15) is 5.56 Å². The number of amides is 1. The van der Waals surface area contributed by atoms with Gasteiger partial charge in [-0.1, -0.05) is 24.0 Å². The topological polar surface area (TPSA) is 50.8 Å². The van der Waals surface area contributed by atoms with Crippen molar-refractivity contribution in [2.75, 3.05) is 39.3 Å². The van der Waals surface area contributed by atoms with Crippen molar-refractivity contribution in [3.8, 4) is 23.3 Å². The van der Waals surface area contributed by atoms with Gasteiger partial charge in [0.15, 0.2) is 6.61 Å². The molecule has 0 fully saturated rings. The molecule has 0 unspecified atom stereocenters. The van der Waals surface area contributed by atoms with Crippen LogP contribution in [0.15, 0.2) is 48.5 Å². The number of carbonyl (C=O) groups excluding carboxylic acids is 1. The standard InChI is InChI=1S/C20H22N2O3/c1-22(2)19-9-5-4-7-16(19)8-6-14-21-20(23)15-25-18-12-10-17(24-3)11-13-18/h4-5,7,9-13H,14-15H2,1-3H3,(H,21,23). The number of methoxy groups -OCH3 is 1. The van der Waals surface area contributed by atoms with E-state index < -0.39 is 0 Å². The number of rotatable bonds is 6. The minimum absolute atomic E-state index is 0.0533.